The van der Waals surface area contributed by atoms with Gasteiger partial charge in [0.05, 0.1) is 7.11 Å². The maximum atomic E-state index is 11.2. The zero-order valence-corrected chi connectivity index (χ0v) is 19.7. The zero-order chi connectivity index (χ0) is 21.4. The van der Waals surface area contributed by atoms with Crippen molar-refractivity contribution in [3.05, 3.63) is 46.6 Å². The van der Waals surface area contributed by atoms with Crippen LogP contribution in [0.4, 0.5) is 0 Å². The van der Waals surface area contributed by atoms with Gasteiger partial charge < -0.3 is 10.5 Å². The van der Waals surface area contributed by atoms with Crippen molar-refractivity contribution in [2.75, 3.05) is 18.6 Å². The standard InChI is InChI=1S/C24H41NO2S/c1-19(2)10-7-11-20(3)12-8-13-21(4)14-9-15-22(5)16-17-28-18-23(25)24(26)27-6/h10,12,14,16,23H,7-9,11,13,15,17-18,25H2,1-6H3/b20-12+,21-14+,22-16+/t23-/m0/s1. The van der Waals surface area contributed by atoms with E-state index in [2.05, 4.69) is 63.7 Å². The van der Waals surface area contributed by atoms with E-state index in [4.69, 9.17) is 5.73 Å². The van der Waals surface area contributed by atoms with E-state index < -0.39 is 6.04 Å². The van der Waals surface area contributed by atoms with Crippen molar-refractivity contribution in [1.82, 2.24) is 0 Å². The van der Waals surface area contributed by atoms with Crippen molar-refractivity contribution in [3.8, 4) is 0 Å². The third-order valence-corrected chi connectivity index (χ3v) is 5.50. The highest BCUT2D eigenvalue weighted by molar-refractivity contribution is 7.99. The Balaban J connectivity index is 4.00. The van der Waals surface area contributed by atoms with Gasteiger partial charge in [0.2, 0.25) is 0 Å². The van der Waals surface area contributed by atoms with Crippen molar-refractivity contribution < 1.29 is 9.53 Å². The summed E-state index contributed by atoms with van der Waals surface area (Å²) in [6.45, 7) is 11.0. The normalized spacial score (nSPS) is 14.0. The van der Waals surface area contributed by atoms with Crippen LogP contribution in [0, 0.1) is 0 Å². The number of carbonyl (C=O) groups is 1. The fourth-order valence-electron chi connectivity index (χ4n) is 2.60. The predicted molar refractivity (Wildman–Crippen MR) is 126 cm³/mol. The summed E-state index contributed by atoms with van der Waals surface area (Å²) >= 11 is 1.67. The van der Waals surface area contributed by atoms with Gasteiger partial charge in [0, 0.05) is 11.5 Å². The van der Waals surface area contributed by atoms with E-state index in [-0.39, 0.29) is 5.97 Å². The van der Waals surface area contributed by atoms with Crippen LogP contribution in [0.15, 0.2) is 46.6 Å². The fraction of sp³-hybridized carbons (Fsp3) is 0.625. The van der Waals surface area contributed by atoms with Gasteiger partial charge in [-0.3, -0.25) is 4.79 Å². The molecule has 0 aromatic rings. The number of nitrogens with two attached hydrogens (primary N) is 1. The summed E-state index contributed by atoms with van der Waals surface area (Å²) in [6.07, 6.45) is 16.1. The average Bonchev–Trinajstić information content (AvgIpc) is 2.64. The summed E-state index contributed by atoms with van der Waals surface area (Å²) in [4.78, 5) is 11.2. The molecule has 0 bridgehead atoms. The average molecular weight is 408 g/mol. The third kappa shape index (κ3) is 15.8. The van der Waals surface area contributed by atoms with Gasteiger partial charge >= 0.3 is 5.97 Å². The molecule has 1 atom stereocenters. The number of thioether (sulfide) groups is 1. The van der Waals surface area contributed by atoms with Gasteiger partial charge in [-0.15, -0.1) is 0 Å². The largest absolute Gasteiger partial charge is 0.468 e. The van der Waals surface area contributed by atoms with Crippen molar-refractivity contribution >= 4 is 17.7 Å². The highest BCUT2D eigenvalue weighted by Crippen LogP contribution is 2.14. The number of rotatable bonds is 14. The summed E-state index contributed by atoms with van der Waals surface area (Å²) in [5.41, 5.74) is 11.5. The molecule has 0 unspecified atom stereocenters. The second kappa shape index (κ2) is 16.7. The summed E-state index contributed by atoms with van der Waals surface area (Å²) in [6, 6.07) is -0.529. The van der Waals surface area contributed by atoms with Gasteiger partial charge in [-0.2, -0.15) is 11.8 Å². The lowest BCUT2D eigenvalue weighted by Crippen LogP contribution is -2.33. The lowest BCUT2D eigenvalue weighted by Gasteiger charge is -2.07. The van der Waals surface area contributed by atoms with Crippen LogP contribution < -0.4 is 5.73 Å². The Bertz CT molecular complexity index is 569. The molecule has 0 spiro atoms. The molecule has 0 radical (unpaired) electrons. The molecule has 0 aromatic carbocycles. The molecule has 0 saturated carbocycles. The number of hydrogen-bond donors (Lipinski definition) is 1. The quantitative estimate of drug-likeness (QED) is 0.207. The van der Waals surface area contributed by atoms with Crippen LogP contribution in [0.3, 0.4) is 0 Å². The molecule has 0 aliphatic heterocycles. The van der Waals surface area contributed by atoms with E-state index in [1.54, 1.807) is 11.8 Å². The lowest BCUT2D eigenvalue weighted by atomic mass is 10.0. The molecule has 0 heterocycles. The van der Waals surface area contributed by atoms with Crippen LogP contribution in [-0.4, -0.2) is 30.6 Å². The Hall–Kier alpha value is -1.26. The minimum absolute atomic E-state index is 0.341. The molecular weight excluding hydrogens is 366 g/mol. The monoisotopic (exact) mass is 407 g/mol. The number of methoxy groups -OCH3 is 1. The van der Waals surface area contributed by atoms with Gasteiger partial charge in [0.15, 0.2) is 0 Å². The summed E-state index contributed by atoms with van der Waals surface area (Å²) in [5.74, 6) is 1.14. The summed E-state index contributed by atoms with van der Waals surface area (Å²) < 4.78 is 4.63. The first-order chi connectivity index (χ1) is 13.3. The van der Waals surface area contributed by atoms with Crippen molar-refractivity contribution in [3.63, 3.8) is 0 Å². The van der Waals surface area contributed by atoms with Crippen LogP contribution in [0.1, 0.15) is 73.1 Å². The van der Waals surface area contributed by atoms with Gasteiger partial charge in [-0.1, -0.05) is 46.6 Å². The van der Waals surface area contributed by atoms with Gasteiger partial charge in [0.1, 0.15) is 6.04 Å². The Morgan fingerprint density at radius 2 is 1.32 bits per heavy atom. The Kier molecular flexibility index (Phi) is 15.9. The van der Waals surface area contributed by atoms with E-state index in [1.165, 1.54) is 35.8 Å². The first kappa shape index (κ1) is 26.7. The molecule has 0 fully saturated rings. The molecule has 0 amide bonds. The van der Waals surface area contributed by atoms with E-state index in [9.17, 15) is 4.79 Å². The van der Waals surface area contributed by atoms with Crippen molar-refractivity contribution in [1.29, 1.82) is 0 Å². The highest BCUT2D eigenvalue weighted by atomic mass is 32.2. The number of ether oxygens (including phenoxy) is 1. The second-order valence-electron chi connectivity index (χ2n) is 7.72. The van der Waals surface area contributed by atoms with Crippen LogP contribution in [0.5, 0.6) is 0 Å². The molecule has 28 heavy (non-hydrogen) atoms. The van der Waals surface area contributed by atoms with Crippen LogP contribution >= 0.6 is 11.8 Å². The molecule has 2 N–H and O–H groups in total. The number of esters is 1. The van der Waals surface area contributed by atoms with E-state index in [0.717, 1.165) is 37.9 Å². The lowest BCUT2D eigenvalue weighted by molar-refractivity contribution is -0.141. The van der Waals surface area contributed by atoms with Gasteiger partial charge in [0.25, 0.3) is 0 Å². The van der Waals surface area contributed by atoms with Crippen molar-refractivity contribution in [2.45, 2.75) is 79.2 Å². The first-order valence-electron chi connectivity index (χ1n) is 10.3. The SMILES string of the molecule is COC(=O)[C@@H](N)CSC/C=C(\C)CC/C=C(\C)CC/C=C(\C)CCC=C(C)C. The molecule has 0 rings (SSSR count). The highest BCUT2D eigenvalue weighted by Gasteiger charge is 2.12. The Labute approximate surface area is 177 Å². The number of allylic oxidation sites excluding steroid dienone is 7. The number of hydrogen-bond acceptors (Lipinski definition) is 4. The zero-order valence-electron chi connectivity index (χ0n) is 18.8. The Morgan fingerprint density at radius 1 is 0.857 bits per heavy atom. The molecule has 0 aromatic heterocycles. The van der Waals surface area contributed by atoms with Crippen LogP contribution in [0.25, 0.3) is 0 Å². The van der Waals surface area contributed by atoms with Gasteiger partial charge in [-0.05, 0) is 73.1 Å². The minimum atomic E-state index is -0.529. The van der Waals surface area contributed by atoms with Crippen LogP contribution in [0.2, 0.25) is 0 Å². The summed E-state index contributed by atoms with van der Waals surface area (Å²) in [7, 11) is 1.37. The minimum Gasteiger partial charge on any atom is -0.468 e. The van der Waals surface area contributed by atoms with E-state index in [1.807, 2.05) is 0 Å². The molecule has 0 aliphatic rings. The third-order valence-electron chi connectivity index (χ3n) is 4.51. The van der Waals surface area contributed by atoms with E-state index in [0.29, 0.717) is 5.75 Å². The maximum Gasteiger partial charge on any atom is 0.323 e. The van der Waals surface area contributed by atoms with E-state index >= 15 is 0 Å². The Morgan fingerprint density at radius 3 is 1.79 bits per heavy atom. The molecule has 4 heteroatoms. The van der Waals surface area contributed by atoms with Gasteiger partial charge in [-0.25, -0.2) is 0 Å². The molecule has 160 valence electrons. The molecular formula is C24H41NO2S. The smallest absolute Gasteiger partial charge is 0.323 e. The first-order valence-corrected chi connectivity index (χ1v) is 11.4. The maximum absolute atomic E-state index is 11.2. The molecule has 3 nitrogen and oxygen atoms in total. The summed E-state index contributed by atoms with van der Waals surface area (Å²) in [5, 5.41) is 0. The number of carbonyl (C=O) groups excluding carboxylic acids is 1. The molecule has 0 saturated heterocycles. The fourth-order valence-corrected chi connectivity index (χ4v) is 3.53. The van der Waals surface area contributed by atoms with Crippen LogP contribution in [-0.2, 0) is 9.53 Å². The van der Waals surface area contributed by atoms with Crippen molar-refractivity contribution in [2.24, 2.45) is 5.73 Å². The predicted octanol–water partition coefficient (Wildman–Crippen LogP) is 6.37. The topological polar surface area (TPSA) is 52.3 Å². The second-order valence-corrected chi connectivity index (χ2v) is 8.79. The molecule has 0 aliphatic carbocycles.